The Labute approximate surface area is 205 Å². The van der Waals surface area contributed by atoms with E-state index in [0.717, 1.165) is 60.8 Å². The summed E-state index contributed by atoms with van der Waals surface area (Å²) >= 11 is 0. The summed E-state index contributed by atoms with van der Waals surface area (Å²) < 4.78 is 1.04. The Morgan fingerprint density at radius 1 is 0.559 bits per heavy atom. The average Bonchev–Trinajstić information content (AvgIpc) is 2.83. The van der Waals surface area contributed by atoms with Crippen LogP contribution >= 0.6 is 0 Å². The van der Waals surface area contributed by atoms with Crippen molar-refractivity contribution in [1.29, 1.82) is 0 Å². The highest BCUT2D eigenvalue weighted by atomic mass is 15.3. The van der Waals surface area contributed by atoms with E-state index in [0.29, 0.717) is 0 Å². The van der Waals surface area contributed by atoms with Crippen LogP contribution in [0.5, 0.6) is 0 Å². The van der Waals surface area contributed by atoms with Crippen molar-refractivity contribution >= 4 is 0 Å². The van der Waals surface area contributed by atoms with Crippen molar-refractivity contribution in [3.63, 3.8) is 0 Å². The van der Waals surface area contributed by atoms with Crippen molar-refractivity contribution in [3.05, 3.63) is 90.3 Å². The van der Waals surface area contributed by atoms with Gasteiger partial charge in [0.1, 0.15) is 0 Å². The Morgan fingerprint density at radius 3 is 1.47 bits per heavy atom. The number of hydrogen-bond acceptors (Lipinski definition) is 5. The molecular formula is C28H41N6+. The molecule has 0 atom stereocenters. The second kappa shape index (κ2) is 13.9. The lowest BCUT2D eigenvalue weighted by Crippen LogP contribution is -2.36. The van der Waals surface area contributed by atoms with Crippen molar-refractivity contribution in [2.45, 2.75) is 38.9 Å². The SMILES string of the molecule is C[N+](C)(C)CCCCCN(CCN(Cc1ccccn1)Cc1ccccn1)Cc1ccccn1. The number of nitrogens with zero attached hydrogens (tertiary/aromatic N) is 6. The summed E-state index contributed by atoms with van der Waals surface area (Å²) in [6.07, 6.45) is 9.39. The van der Waals surface area contributed by atoms with Gasteiger partial charge in [0.05, 0.1) is 44.8 Å². The van der Waals surface area contributed by atoms with E-state index in [1.54, 1.807) is 0 Å². The molecule has 182 valence electrons. The van der Waals surface area contributed by atoms with Gasteiger partial charge in [-0.1, -0.05) is 18.2 Å². The molecule has 6 nitrogen and oxygen atoms in total. The lowest BCUT2D eigenvalue weighted by Gasteiger charge is -2.28. The molecule has 0 saturated heterocycles. The number of unbranched alkanes of at least 4 members (excludes halogenated alkanes) is 2. The van der Waals surface area contributed by atoms with Crippen molar-refractivity contribution in [3.8, 4) is 0 Å². The van der Waals surface area contributed by atoms with Crippen molar-refractivity contribution in [2.75, 3.05) is 47.3 Å². The molecule has 0 bridgehead atoms. The topological polar surface area (TPSA) is 45.2 Å². The molecule has 0 radical (unpaired) electrons. The predicted molar refractivity (Wildman–Crippen MR) is 139 cm³/mol. The van der Waals surface area contributed by atoms with Gasteiger partial charge in [-0.05, 0) is 62.2 Å². The maximum atomic E-state index is 4.58. The van der Waals surface area contributed by atoms with Crippen LogP contribution in [0, 0.1) is 0 Å². The van der Waals surface area contributed by atoms with Gasteiger partial charge < -0.3 is 4.48 Å². The van der Waals surface area contributed by atoms with Crippen LogP contribution in [0.4, 0.5) is 0 Å². The molecule has 0 N–H and O–H groups in total. The van der Waals surface area contributed by atoms with Gasteiger partial charge in [-0.3, -0.25) is 24.8 Å². The first-order valence-corrected chi connectivity index (χ1v) is 12.4. The van der Waals surface area contributed by atoms with Gasteiger partial charge in [0.25, 0.3) is 0 Å². The molecule has 3 aromatic rings. The Balaban J connectivity index is 1.60. The summed E-state index contributed by atoms with van der Waals surface area (Å²) in [5, 5.41) is 0. The van der Waals surface area contributed by atoms with E-state index in [1.165, 1.54) is 25.8 Å². The van der Waals surface area contributed by atoms with Crippen LogP contribution in [0.15, 0.2) is 73.2 Å². The molecule has 3 heterocycles. The van der Waals surface area contributed by atoms with E-state index in [9.17, 15) is 0 Å². The summed E-state index contributed by atoms with van der Waals surface area (Å²) in [4.78, 5) is 18.7. The van der Waals surface area contributed by atoms with Crippen molar-refractivity contribution < 1.29 is 4.48 Å². The van der Waals surface area contributed by atoms with Gasteiger partial charge >= 0.3 is 0 Å². The van der Waals surface area contributed by atoms with Crippen LogP contribution in [-0.2, 0) is 19.6 Å². The molecule has 0 aliphatic heterocycles. The van der Waals surface area contributed by atoms with Crippen LogP contribution in [0.3, 0.4) is 0 Å². The van der Waals surface area contributed by atoms with Crippen LogP contribution < -0.4 is 0 Å². The Morgan fingerprint density at radius 2 is 1.03 bits per heavy atom. The molecule has 0 saturated carbocycles. The third-order valence-corrected chi connectivity index (χ3v) is 5.87. The number of rotatable bonds is 15. The molecule has 0 aliphatic carbocycles. The van der Waals surface area contributed by atoms with Crippen LogP contribution in [-0.4, -0.2) is 76.6 Å². The highest BCUT2D eigenvalue weighted by Crippen LogP contribution is 2.10. The average molecular weight is 462 g/mol. The normalized spacial score (nSPS) is 11.9. The minimum Gasteiger partial charge on any atom is -0.331 e. The summed E-state index contributed by atoms with van der Waals surface area (Å²) in [6.45, 7) is 6.79. The summed E-state index contributed by atoms with van der Waals surface area (Å²) in [5.74, 6) is 0. The molecule has 3 rings (SSSR count). The van der Waals surface area contributed by atoms with Crippen LogP contribution in [0.1, 0.15) is 36.3 Å². The molecule has 0 unspecified atom stereocenters. The molecule has 34 heavy (non-hydrogen) atoms. The summed E-state index contributed by atoms with van der Waals surface area (Å²) in [6, 6.07) is 18.5. The predicted octanol–water partition coefficient (Wildman–Crippen LogP) is 4.25. The van der Waals surface area contributed by atoms with Crippen LogP contribution in [0.25, 0.3) is 0 Å². The zero-order chi connectivity index (χ0) is 24.1. The molecular weight excluding hydrogens is 420 g/mol. The maximum absolute atomic E-state index is 4.58. The van der Waals surface area contributed by atoms with Gasteiger partial charge in [-0.15, -0.1) is 0 Å². The van der Waals surface area contributed by atoms with Gasteiger partial charge in [-0.25, -0.2) is 0 Å². The second-order valence-corrected chi connectivity index (χ2v) is 10.0. The van der Waals surface area contributed by atoms with E-state index in [2.05, 4.69) is 82.3 Å². The number of hydrogen-bond donors (Lipinski definition) is 0. The Bertz CT molecular complexity index is 870. The standard InChI is InChI=1S/C28H41N6/c1-34(2,3)22-12-4-11-19-32(23-26-13-5-8-16-29-26)20-21-33(24-27-14-6-9-17-30-27)25-28-15-7-10-18-31-28/h5-10,13-18H,4,11-12,19-25H2,1-3H3/q+1. The molecule has 6 heteroatoms. The Hall–Kier alpha value is -2.67. The van der Waals surface area contributed by atoms with E-state index < -0.39 is 0 Å². The van der Waals surface area contributed by atoms with Gasteiger partial charge in [-0.2, -0.15) is 0 Å². The quantitative estimate of drug-likeness (QED) is 0.250. The number of pyridine rings is 3. The first-order chi connectivity index (χ1) is 16.5. The second-order valence-electron chi connectivity index (χ2n) is 10.0. The zero-order valence-corrected chi connectivity index (χ0v) is 21.2. The summed E-state index contributed by atoms with van der Waals surface area (Å²) in [7, 11) is 6.81. The van der Waals surface area contributed by atoms with Gasteiger partial charge in [0.15, 0.2) is 0 Å². The smallest absolute Gasteiger partial charge is 0.0780 e. The first-order valence-electron chi connectivity index (χ1n) is 12.4. The number of aromatic nitrogens is 3. The van der Waals surface area contributed by atoms with E-state index in [4.69, 9.17) is 0 Å². The molecule has 0 fully saturated rings. The highest BCUT2D eigenvalue weighted by molar-refractivity contribution is 5.06. The number of quaternary nitrogens is 1. The molecule has 0 spiro atoms. The lowest BCUT2D eigenvalue weighted by atomic mass is 10.2. The fraction of sp³-hybridized carbons (Fsp3) is 0.464. The fourth-order valence-corrected chi connectivity index (χ4v) is 4.03. The largest absolute Gasteiger partial charge is 0.331 e. The van der Waals surface area contributed by atoms with Crippen LogP contribution in [0.2, 0.25) is 0 Å². The van der Waals surface area contributed by atoms with E-state index in [-0.39, 0.29) is 0 Å². The summed E-state index contributed by atoms with van der Waals surface area (Å²) in [5.41, 5.74) is 3.32. The monoisotopic (exact) mass is 461 g/mol. The fourth-order valence-electron chi connectivity index (χ4n) is 4.03. The first kappa shape index (κ1) is 25.9. The van der Waals surface area contributed by atoms with Gasteiger partial charge in [0, 0.05) is 51.3 Å². The highest BCUT2D eigenvalue weighted by Gasteiger charge is 2.13. The van der Waals surface area contributed by atoms with Crippen molar-refractivity contribution in [1.82, 2.24) is 24.8 Å². The van der Waals surface area contributed by atoms with Gasteiger partial charge in [0.2, 0.25) is 0 Å². The maximum Gasteiger partial charge on any atom is 0.0780 e. The van der Waals surface area contributed by atoms with E-state index >= 15 is 0 Å². The Kier molecular flexibility index (Phi) is 10.6. The minimum absolute atomic E-state index is 0.818. The van der Waals surface area contributed by atoms with Crippen molar-refractivity contribution in [2.24, 2.45) is 0 Å². The van der Waals surface area contributed by atoms with E-state index in [1.807, 2.05) is 36.8 Å². The minimum atomic E-state index is 0.818. The third kappa shape index (κ3) is 10.5. The third-order valence-electron chi connectivity index (χ3n) is 5.87. The zero-order valence-electron chi connectivity index (χ0n) is 21.2. The molecule has 0 amide bonds. The molecule has 0 aromatic carbocycles. The lowest BCUT2D eigenvalue weighted by molar-refractivity contribution is -0.870. The molecule has 0 aliphatic rings. The molecule has 3 aromatic heterocycles.